The van der Waals surface area contributed by atoms with E-state index in [1.165, 1.54) is 12.0 Å². The number of hydrogen-bond donors (Lipinski definition) is 1. The second kappa shape index (κ2) is 4.74. The number of rotatable bonds is 3. The molecular weight excluding hydrogens is 208 g/mol. The molecular formula is C11H16N2O3. The molecule has 2 N–H and O–H groups in total. The Morgan fingerprint density at radius 3 is 2.38 bits per heavy atom. The van der Waals surface area contributed by atoms with Crippen LogP contribution in [0.15, 0.2) is 12.1 Å². The highest BCUT2D eigenvalue weighted by Crippen LogP contribution is 2.35. The largest absolute Gasteiger partial charge is 0.497 e. The summed E-state index contributed by atoms with van der Waals surface area (Å²) in [5, 5.41) is 0. The summed E-state index contributed by atoms with van der Waals surface area (Å²) in [5.74, 6) is 1.23. The van der Waals surface area contributed by atoms with Gasteiger partial charge in [-0.15, -0.1) is 0 Å². The van der Waals surface area contributed by atoms with Crippen molar-refractivity contribution in [3.63, 3.8) is 0 Å². The van der Waals surface area contributed by atoms with Gasteiger partial charge in [-0.05, 0) is 18.6 Å². The fourth-order valence-corrected chi connectivity index (χ4v) is 1.53. The highest BCUT2D eigenvalue weighted by molar-refractivity contribution is 5.93. The zero-order valence-corrected chi connectivity index (χ0v) is 9.90. The van der Waals surface area contributed by atoms with Crippen molar-refractivity contribution < 1.29 is 14.3 Å². The smallest absolute Gasteiger partial charge is 0.319 e. The Labute approximate surface area is 94.7 Å². The van der Waals surface area contributed by atoms with Crippen LogP contribution in [0, 0.1) is 6.92 Å². The van der Waals surface area contributed by atoms with Gasteiger partial charge in [0.05, 0.1) is 19.9 Å². The van der Waals surface area contributed by atoms with Crippen molar-refractivity contribution in [3.05, 3.63) is 17.7 Å². The van der Waals surface area contributed by atoms with Crippen LogP contribution in [0.3, 0.4) is 0 Å². The Balaban J connectivity index is 3.31. The van der Waals surface area contributed by atoms with Gasteiger partial charge >= 0.3 is 6.03 Å². The van der Waals surface area contributed by atoms with Crippen LogP contribution >= 0.6 is 0 Å². The van der Waals surface area contributed by atoms with Gasteiger partial charge in [0.1, 0.15) is 11.5 Å². The second-order valence-electron chi connectivity index (χ2n) is 3.39. The lowest BCUT2D eigenvalue weighted by atomic mass is 10.1. The Morgan fingerprint density at radius 1 is 1.31 bits per heavy atom. The van der Waals surface area contributed by atoms with Crippen molar-refractivity contribution >= 4 is 11.7 Å². The normalized spacial score (nSPS) is 9.75. The van der Waals surface area contributed by atoms with E-state index in [9.17, 15) is 4.79 Å². The Hall–Kier alpha value is -1.91. The van der Waals surface area contributed by atoms with Crippen LogP contribution in [0.4, 0.5) is 10.5 Å². The van der Waals surface area contributed by atoms with E-state index in [1.807, 2.05) is 13.0 Å². The summed E-state index contributed by atoms with van der Waals surface area (Å²) in [7, 11) is 4.71. The molecule has 0 radical (unpaired) electrons. The molecule has 0 saturated heterocycles. The zero-order valence-electron chi connectivity index (χ0n) is 9.90. The molecule has 2 amide bonds. The highest BCUT2D eigenvalue weighted by atomic mass is 16.5. The summed E-state index contributed by atoms with van der Waals surface area (Å²) in [6.45, 7) is 1.86. The molecule has 88 valence electrons. The average Bonchev–Trinajstić information content (AvgIpc) is 2.26. The first kappa shape index (κ1) is 12.2. The summed E-state index contributed by atoms with van der Waals surface area (Å²) in [4.78, 5) is 12.5. The van der Waals surface area contributed by atoms with Gasteiger partial charge < -0.3 is 15.2 Å². The van der Waals surface area contributed by atoms with E-state index in [0.717, 1.165) is 5.56 Å². The number of nitrogens with zero attached hydrogens (tertiary/aromatic N) is 1. The van der Waals surface area contributed by atoms with Crippen molar-refractivity contribution in [1.29, 1.82) is 0 Å². The van der Waals surface area contributed by atoms with Crippen LogP contribution < -0.4 is 20.1 Å². The molecule has 0 atom stereocenters. The molecule has 5 nitrogen and oxygen atoms in total. The molecule has 0 bridgehead atoms. The third-order valence-electron chi connectivity index (χ3n) is 2.36. The quantitative estimate of drug-likeness (QED) is 0.846. The maximum absolute atomic E-state index is 11.1. The number of aryl methyl sites for hydroxylation is 1. The Bertz CT molecular complexity index is 404. The molecule has 0 unspecified atom stereocenters. The van der Waals surface area contributed by atoms with E-state index in [-0.39, 0.29) is 0 Å². The third-order valence-corrected chi connectivity index (χ3v) is 2.36. The number of primary amides is 1. The van der Waals surface area contributed by atoms with Crippen LogP contribution in [0.1, 0.15) is 5.56 Å². The minimum absolute atomic E-state index is 0.536. The van der Waals surface area contributed by atoms with Gasteiger partial charge in [-0.1, -0.05) is 0 Å². The summed E-state index contributed by atoms with van der Waals surface area (Å²) in [6, 6.07) is 2.99. The lowest BCUT2D eigenvalue weighted by molar-refractivity contribution is 0.255. The van der Waals surface area contributed by atoms with Crippen molar-refractivity contribution in [2.24, 2.45) is 5.73 Å². The van der Waals surface area contributed by atoms with E-state index in [2.05, 4.69) is 0 Å². The number of ether oxygens (including phenoxy) is 2. The predicted octanol–water partition coefficient (Wildman–Crippen LogP) is 1.53. The highest BCUT2D eigenvalue weighted by Gasteiger charge is 2.16. The minimum atomic E-state index is -0.536. The van der Waals surface area contributed by atoms with Crippen LogP contribution in [0.2, 0.25) is 0 Å². The van der Waals surface area contributed by atoms with Gasteiger partial charge in [-0.25, -0.2) is 4.79 Å². The van der Waals surface area contributed by atoms with Crippen LogP contribution in [-0.4, -0.2) is 27.3 Å². The summed E-state index contributed by atoms with van der Waals surface area (Å²) < 4.78 is 10.3. The van der Waals surface area contributed by atoms with Crippen LogP contribution in [0.25, 0.3) is 0 Å². The van der Waals surface area contributed by atoms with E-state index in [1.54, 1.807) is 20.2 Å². The fourth-order valence-electron chi connectivity index (χ4n) is 1.53. The molecule has 0 aromatic heterocycles. The van der Waals surface area contributed by atoms with E-state index < -0.39 is 6.03 Å². The van der Waals surface area contributed by atoms with Gasteiger partial charge in [0.2, 0.25) is 0 Å². The minimum Gasteiger partial charge on any atom is -0.497 e. The average molecular weight is 224 g/mol. The predicted molar refractivity (Wildman–Crippen MR) is 62.3 cm³/mol. The molecule has 0 aliphatic carbocycles. The molecule has 5 heteroatoms. The Morgan fingerprint density at radius 2 is 1.94 bits per heavy atom. The molecule has 0 heterocycles. The summed E-state index contributed by atoms with van der Waals surface area (Å²) in [5.41, 5.74) is 6.74. The first-order chi connectivity index (χ1) is 7.51. The van der Waals surface area contributed by atoms with Crippen molar-refractivity contribution in [2.45, 2.75) is 6.92 Å². The maximum Gasteiger partial charge on any atom is 0.319 e. The number of nitrogens with two attached hydrogens (primary N) is 1. The maximum atomic E-state index is 11.1. The first-order valence-corrected chi connectivity index (χ1v) is 4.77. The van der Waals surface area contributed by atoms with Gasteiger partial charge in [-0.2, -0.15) is 0 Å². The SMILES string of the molecule is COc1cc(C)c(N(C)C(N)=O)c(OC)c1. The van der Waals surface area contributed by atoms with E-state index >= 15 is 0 Å². The monoisotopic (exact) mass is 224 g/mol. The van der Waals surface area contributed by atoms with Gasteiger partial charge in [0, 0.05) is 13.1 Å². The van der Waals surface area contributed by atoms with Gasteiger partial charge in [0.15, 0.2) is 0 Å². The number of carbonyl (C=O) groups is 1. The Kier molecular flexibility index (Phi) is 3.60. The zero-order chi connectivity index (χ0) is 12.3. The molecule has 0 spiro atoms. The van der Waals surface area contributed by atoms with Crippen molar-refractivity contribution in [1.82, 2.24) is 0 Å². The number of carbonyl (C=O) groups excluding carboxylic acids is 1. The standard InChI is InChI=1S/C11H16N2O3/c1-7-5-8(15-3)6-9(16-4)10(7)13(2)11(12)14/h5-6H,1-4H3,(H2,12,14). The number of benzene rings is 1. The first-order valence-electron chi connectivity index (χ1n) is 4.77. The lowest BCUT2D eigenvalue weighted by Crippen LogP contribution is -2.32. The molecule has 0 saturated carbocycles. The third kappa shape index (κ3) is 2.18. The molecule has 1 rings (SSSR count). The van der Waals surface area contributed by atoms with Crippen molar-refractivity contribution in [3.8, 4) is 11.5 Å². The fraction of sp³-hybridized carbons (Fsp3) is 0.364. The van der Waals surface area contributed by atoms with Crippen LogP contribution in [0.5, 0.6) is 11.5 Å². The van der Waals surface area contributed by atoms with Crippen molar-refractivity contribution in [2.75, 3.05) is 26.2 Å². The van der Waals surface area contributed by atoms with E-state index in [4.69, 9.17) is 15.2 Å². The molecule has 16 heavy (non-hydrogen) atoms. The molecule has 1 aromatic carbocycles. The summed E-state index contributed by atoms with van der Waals surface area (Å²) >= 11 is 0. The van der Waals surface area contributed by atoms with E-state index in [0.29, 0.717) is 17.2 Å². The number of urea groups is 1. The summed E-state index contributed by atoms with van der Waals surface area (Å²) in [6.07, 6.45) is 0. The topological polar surface area (TPSA) is 64.8 Å². The second-order valence-corrected chi connectivity index (χ2v) is 3.39. The molecule has 0 aliphatic rings. The molecule has 1 aromatic rings. The molecule has 0 aliphatic heterocycles. The van der Waals surface area contributed by atoms with Crippen LogP contribution in [-0.2, 0) is 0 Å². The number of amides is 2. The number of methoxy groups -OCH3 is 2. The van der Waals surface area contributed by atoms with Gasteiger partial charge in [-0.3, -0.25) is 4.90 Å². The van der Waals surface area contributed by atoms with Gasteiger partial charge in [0.25, 0.3) is 0 Å². The number of hydrogen-bond acceptors (Lipinski definition) is 3. The number of anilines is 1. The lowest BCUT2D eigenvalue weighted by Gasteiger charge is -2.20. The molecule has 0 fully saturated rings.